The fourth-order valence-electron chi connectivity index (χ4n) is 3.52. The highest BCUT2D eigenvalue weighted by Crippen LogP contribution is 2.35. The van der Waals surface area contributed by atoms with Gasteiger partial charge in [-0.1, -0.05) is 6.42 Å². The molecule has 1 aliphatic heterocycles. The maximum absolute atomic E-state index is 11.8. The molecule has 0 spiro atoms. The van der Waals surface area contributed by atoms with E-state index in [0.717, 1.165) is 37.4 Å². The molecule has 138 valence electrons. The molecule has 2 aromatic rings. The van der Waals surface area contributed by atoms with Gasteiger partial charge in [0, 0.05) is 38.2 Å². The standard InChI is InChI=1S/C19H25N5O2/c1-23-13-22-17(10-19(23)25)24-7-5-14(6-8-24)11-26-18-9-16(20-12-21-18)15-3-2-4-15/h9-10,12-15H,2-8,11H2,1H3. The minimum atomic E-state index is -0.0218. The number of aryl methyl sites for hydroxylation is 1. The molecule has 1 aliphatic carbocycles. The molecule has 0 unspecified atom stereocenters. The van der Waals surface area contributed by atoms with Gasteiger partial charge >= 0.3 is 0 Å². The van der Waals surface area contributed by atoms with Crippen molar-refractivity contribution in [2.75, 3.05) is 24.6 Å². The van der Waals surface area contributed by atoms with Crippen LogP contribution in [0.25, 0.3) is 0 Å². The van der Waals surface area contributed by atoms with Gasteiger partial charge < -0.3 is 14.2 Å². The van der Waals surface area contributed by atoms with Crippen molar-refractivity contribution in [2.24, 2.45) is 13.0 Å². The third-order valence-electron chi connectivity index (χ3n) is 5.56. The molecule has 0 N–H and O–H groups in total. The maximum atomic E-state index is 11.8. The van der Waals surface area contributed by atoms with E-state index in [9.17, 15) is 4.79 Å². The molecular formula is C19H25N5O2. The van der Waals surface area contributed by atoms with Crippen LogP contribution in [0.4, 0.5) is 5.82 Å². The predicted octanol–water partition coefficient (Wildman–Crippen LogP) is 2.13. The normalized spacial score (nSPS) is 18.6. The molecule has 0 bridgehead atoms. The molecule has 7 heteroatoms. The van der Waals surface area contributed by atoms with Gasteiger partial charge in [0.25, 0.3) is 5.56 Å². The van der Waals surface area contributed by atoms with Gasteiger partial charge in [-0.25, -0.2) is 15.0 Å². The van der Waals surface area contributed by atoms with E-state index >= 15 is 0 Å². The fraction of sp³-hybridized carbons (Fsp3) is 0.579. The Hall–Kier alpha value is -2.44. The lowest BCUT2D eigenvalue weighted by atomic mass is 9.83. The summed E-state index contributed by atoms with van der Waals surface area (Å²) in [4.78, 5) is 26.9. The minimum Gasteiger partial charge on any atom is -0.477 e. The van der Waals surface area contributed by atoms with Crippen molar-refractivity contribution < 1.29 is 4.74 Å². The number of ether oxygens (including phenoxy) is 1. The molecule has 26 heavy (non-hydrogen) atoms. The minimum absolute atomic E-state index is 0.0218. The lowest BCUT2D eigenvalue weighted by Crippen LogP contribution is -2.37. The third-order valence-corrected chi connectivity index (χ3v) is 5.56. The smallest absolute Gasteiger partial charge is 0.255 e. The zero-order chi connectivity index (χ0) is 17.9. The third kappa shape index (κ3) is 3.71. The number of aromatic nitrogens is 4. The summed E-state index contributed by atoms with van der Waals surface area (Å²) in [7, 11) is 1.71. The zero-order valence-corrected chi connectivity index (χ0v) is 15.2. The van der Waals surface area contributed by atoms with Crippen LogP contribution < -0.4 is 15.2 Å². The molecule has 1 saturated heterocycles. The van der Waals surface area contributed by atoms with Gasteiger partial charge in [-0.2, -0.15) is 0 Å². The molecule has 2 aliphatic rings. The zero-order valence-electron chi connectivity index (χ0n) is 15.2. The maximum Gasteiger partial charge on any atom is 0.255 e. The number of rotatable bonds is 5. The van der Waals surface area contributed by atoms with Crippen LogP contribution in [0.15, 0.2) is 29.6 Å². The van der Waals surface area contributed by atoms with Crippen LogP contribution in [0.2, 0.25) is 0 Å². The van der Waals surface area contributed by atoms with Crippen molar-refractivity contribution in [3.8, 4) is 5.88 Å². The number of hydrogen-bond acceptors (Lipinski definition) is 6. The molecule has 3 heterocycles. The molecule has 4 rings (SSSR count). The van der Waals surface area contributed by atoms with Crippen LogP contribution in [0.3, 0.4) is 0 Å². The average molecular weight is 355 g/mol. The van der Waals surface area contributed by atoms with Crippen LogP contribution in [0.1, 0.15) is 43.7 Å². The number of hydrogen-bond donors (Lipinski definition) is 0. The Morgan fingerprint density at radius 3 is 2.62 bits per heavy atom. The van der Waals surface area contributed by atoms with E-state index in [2.05, 4.69) is 19.9 Å². The van der Waals surface area contributed by atoms with Crippen LogP contribution in [0.5, 0.6) is 5.88 Å². The van der Waals surface area contributed by atoms with E-state index in [-0.39, 0.29) is 5.56 Å². The van der Waals surface area contributed by atoms with Crippen molar-refractivity contribution in [1.82, 2.24) is 19.5 Å². The summed E-state index contributed by atoms with van der Waals surface area (Å²) >= 11 is 0. The second-order valence-corrected chi connectivity index (χ2v) is 7.35. The van der Waals surface area contributed by atoms with E-state index in [1.165, 1.54) is 23.8 Å². The summed E-state index contributed by atoms with van der Waals surface area (Å²) in [6.45, 7) is 2.47. The van der Waals surface area contributed by atoms with Gasteiger partial charge in [0.2, 0.25) is 5.88 Å². The molecular weight excluding hydrogens is 330 g/mol. The molecule has 0 radical (unpaired) electrons. The van der Waals surface area contributed by atoms with E-state index < -0.39 is 0 Å². The summed E-state index contributed by atoms with van der Waals surface area (Å²) < 4.78 is 7.43. The molecule has 1 saturated carbocycles. The monoisotopic (exact) mass is 355 g/mol. The van der Waals surface area contributed by atoms with E-state index in [1.807, 2.05) is 6.07 Å². The van der Waals surface area contributed by atoms with Crippen molar-refractivity contribution in [1.29, 1.82) is 0 Å². The summed E-state index contributed by atoms with van der Waals surface area (Å²) in [6, 6.07) is 3.61. The van der Waals surface area contributed by atoms with Crippen molar-refractivity contribution >= 4 is 5.82 Å². The van der Waals surface area contributed by atoms with E-state index in [1.54, 1.807) is 25.8 Å². The highest BCUT2D eigenvalue weighted by Gasteiger charge is 2.23. The highest BCUT2D eigenvalue weighted by atomic mass is 16.5. The van der Waals surface area contributed by atoms with Crippen LogP contribution in [-0.4, -0.2) is 39.2 Å². The summed E-state index contributed by atoms with van der Waals surface area (Å²) in [6.07, 6.45) is 9.01. The van der Waals surface area contributed by atoms with Gasteiger partial charge in [-0.15, -0.1) is 0 Å². The summed E-state index contributed by atoms with van der Waals surface area (Å²) in [5.41, 5.74) is 1.10. The van der Waals surface area contributed by atoms with E-state index in [0.29, 0.717) is 24.3 Å². The predicted molar refractivity (Wildman–Crippen MR) is 98.5 cm³/mol. The lowest BCUT2D eigenvalue weighted by molar-refractivity contribution is 0.215. The van der Waals surface area contributed by atoms with Crippen molar-refractivity contribution in [3.63, 3.8) is 0 Å². The largest absolute Gasteiger partial charge is 0.477 e. The van der Waals surface area contributed by atoms with Crippen LogP contribution in [0, 0.1) is 5.92 Å². The molecule has 0 atom stereocenters. The molecule has 7 nitrogen and oxygen atoms in total. The summed E-state index contributed by atoms with van der Waals surface area (Å²) in [5, 5.41) is 0. The SMILES string of the molecule is Cn1cnc(N2CCC(COc3cc(C4CCC4)ncn3)CC2)cc1=O. The van der Waals surface area contributed by atoms with Crippen molar-refractivity contribution in [2.45, 2.75) is 38.0 Å². The quantitative estimate of drug-likeness (QED) is 0.818. The molecule has 2 fully saturated rings. The number of piperidine rings is 1. The first-order valence-corrected chi connectivity index (χ1v) is 9.41. The number of anilines is 1. The Balaban J connectivity index is 1.28. The Labute approximate surface area is 153 Å². The van der Waals surface area contributed by atoms with Gasteiger partial charge in [0.05, 0.1) is 18.6 Å². The second-order valence-electron chi connectivity index (χ2n) is 7.35. The van der Waals surface area contributed by atoms with Crippen LogP contribution >= 0.6 is 0 Å². The average Bonchev–Trinajstić information content (AvgIpc) is 2.62. The first-order chi connectivity index (χ1) is 12.7. The number of nitrogens with zero attached hydrogens (tertiary/aromatic N) is 5. The highest BCUT2D eigenvalue weighted by molar-refractivity contribution is 5.37. The first-order valence-electron chi connectivity index (χ1n) is 9.41. The van der Waals surface area contributed by atoms with Gasteiger partial charge in [-0.3, -0.25) is 4.79 Å². The molecule has 0 amide bonds. The molecule has 0 aromatic carbocycles. The van der Waals surface area contributed by atoms with E-state index in [4.69, 9.17) is 4.74 Å². The lowest BCUT2D eigenvalue weighted by Gasteiger charge is -2.32. The van der Waals surface area contributed by atoms with Gasteiger partial charge in [-0.05, 0) is 31.6 Å². The van der Waals surface area contributed by atoms with Gasteiger partial charge in [0.1, 0.15) is 12.1 Å². The molecule has 2 aromatic heterocycles. The Bertz CT molecular complexity index is 810. The topological polar surface area (TPSA) is 73.1 Å². The first kappa shape index (κ1) is 17.0. The Kier molecular flexibility index (Phi) is 4.86. The Morgan fingerprint density at radius 2 is 1.92 bits per heavy atom. The Morgan fingerprint density at radius 1 is 1.12 bits per heavy atom. The van der Waals surface area contributed by atoms with Gasteiger partial charge in [0.15, 0.2) is 0 Å². The van der Waals surface area contributed by atoms with Crippen LogP contribution in [-0.2, 0) is 7.05 Å². The summed E-state index contributed by atoms with van der Waals surface area (Å²) in [5.74, 6) is 2.56. The fourth-order valence-corrected chi connectivity index (χ4v) is 3.52. The second kappa shape index (κ2) is 7.43. The van der Waals surface area contributed by atoms with Crippen molar-refractivity contribution in [3.05, 3.63) is 40.8 Å².